The van der Waals surface area contributed by atoms with Gasteiger partial charge in [0.05, 0.1) is 11.4 Å². The van der Waals surface area contributed by atoms with Crippen molar-refractivity contribution in [2.75, 3.05) is 0 Å². The van der Waals surface area contributed by atoms with Crippen molar-refractivity contribution in [1.82, 2.24) is 0 Å². The summed E-state index contributed by atoms with van der Waals surface area (Å²) in [4.78, 5) is 16.7. The van der Waals surface area contributed by atoms with Gasteiger partial charge in [-0.15, -0.1) is 0 Å². The average Bonchev–Trinajstić information content (AvgIpc) is 3.01. The van der Waals surface area contributed by atoms with Crippen molar-refractivity contribution in [3.8, 4) is 11.1 Å². The fourth-order valence-electron chi connectivity index (χ4n) is 4.01. The lowest BCUT2D eigenvalue weighted by Gasteiger charge is -2.17. The first kappa shape index (κ1) is 18.4. The molecule has 0 fully saturated rings. The first-order valence-corrected chi connectivity index (χ1v) is 9.92. The zero-order chi connectivity index (χ0) is 19.8. The summed E-state index contributed by atoms with van der Waals surface area (Å²) in [5.41, 5.74) is 9.74. The maximum absolute atomic E-state index is 11.4. The molecule has 2 heteroatoms. The van der Waals surface area contributed by atoms with Crippen molar-refractivity contribution in [1.29, 1.82) is 0 Å². The molecule has 1 aliphatic carbocycles. The largest absolute Gasteiger partial charge is 0.298 e. The Morgan fingerprint density at radius 2 is 1.32 bits per heavy atom. The number of aliphatic imine (C=N–C) groups is 1. The normalized spacial score (nSPS) is 13.9. The SMILES string of the molecule is CC(C)c1cccc(C(C)C)c1N=C1c2ccccc2-c2ccc(C=O)cc21. The van der Waals surface area contributed by atoms with Crippen LogP contribution in [0, 0.1) is 0 Å². The van der Waals surface area contributed by atoms with Crippen molar-refractivity contribution in [2.45, 2.75) is 39.5 Å². The maximum Gasteiger partial charge on any atom is 0.150 e. The molecule has 4 rings (SSSR count). The summed E-state index contributed by atoms with van der Waals surface area (Å²) in [6.45, 7) is 8.85. The number of rotatable bonds is 4. The molecule has 0 aromatic heterocycles. The first-order valence-electron chi connectivity index (χ1n) is 9.92. The molecule has 0 aliphatic heterocycles. The molecule has 0 heterocycles. The van der Waals surface area contributed by atoms with Crippen LogP contribution >= 0.6 is 0 Å². The Hall–Kier alpha value is -3.00. The van der Waals surface area contributed by atoms with Crippen LogP contribution in [0.25, 0.3) is 11.1 Å². The molecular formula is C26H25NO. The van der Waals surface area contributed by atoms with Gasteiger partial charge >= 0.3 is 0 Å². The van der Waals surface area contributed by atoms with Crippen LogP contribution in [-0.2, 0) is 0 Å². The Labute approximate surface area is 167 Å². The van der Waals surface area contributed by atoms with Crippen molar-refractivity contribution >= 4 is 17.7 Å². The van der Waals surface area contributed by atoms with E-state index in [2.05, 4.69) is 70.2 Å². The minimum atomic E-state index is 0.385. The summed E-state index contributed by atoms with van der Waals surface area (Å²) < 4.78 is 0. The van der Waals surface area contributed by atoms with E-state index in [1.807, 2.05) is 18.2 Å². The minimum absolute atomic E-state index is 0.385. The smallest absolute Gasteiger partial charge is 0.150 e. The van der Waals surface area contributed by atoms with E-state index < -0.39 is 0 Å². The predicted molar refractivity (Wildman–Crippen MR) is 117 cm³/mol. The molecule has 0 unspecified atom stereocenters. The number of aldehydes is 1. The van der Waals surface area contributed by atoms with E-state index in [-0.39, 0.29) is 0 Å². The molecule has 0 atom stereocenters. The number of benzene rings is 3. The summed E-state index contributed by atoms with van der Waals surface area (Å²) in [6.07, 6.45) is 0.905. The summed E-state index contributed by atoms with van der Waals surface area (Å²) in [5, 5.41) is 0. The predicted octanol–water partition coefficient (Wildman–Crippen LogP) is 6.90. The quantitative estimate of drug-likeness (QED) is 0.361. The summed E-state index contributed by atoms with van der Waals surface area (Å²) in [6, 6.07) is 20.8. The lowest BCUT2D eigenvalue weighted by atomic mass is 9.92. The number of fused-ring (bicyclic) bond motifs is 3. The Balaban J connectivity index is 2.03. The second-order valence-corrected chi connectivity index (χ2v) is 8.02. The second-order valence-electron chi connectivity index (χ2n) is 8.02. The molecule has 3 aromatic carbocycles. The van der Waals surface area contributed by atoms with E-state index in [0.29, 0.717) is 17.4 Å². The molecule has 140 valence electrons. The fourth-order valence-corrected chi connectivity index (χ4v) is 4.01. The highest BCUT2D eigenvalue weighted by Gasteiger charge is 2.26. The molecule has 0 saturated heterocycles. The molecule has 28 heavy (non-hydrogen) atoms. The zero-order valence-corrected chi connectivity index (χ0v) is 16.9. The molecule has 0 amide bonds. The van der Waals surface area contributed by atoms with E-state index in [1.54, 1.807) is 0 Å². The monoisotopic (exact) mass is 367 g/mol. The minimum Gasteiger partial charge on any atom is -0.298 e. The van der Waals surface area contributed by atoms with E-state index >= 15 is 0 Å². The molecule has 3 aromatic rings. The van der Waals surface area contributed by atoms with Crippen LogP contribution in [-0.4, -0.2) is 12.0 Å². The highest BCUT2D eigenvalue weighted by Crippen LogP contribution is 2.41. The van der Waals surface area contributed by atoms with Crippen LogP contribution in [0.15, 0.2) is 65.7 Å². The van der Waals surface area contributed by atoms with Gasteiger partial charge in [0.15, 0.2) is 0 Å². The first-order chi connectivity index (χ1) is 13.5. The number of carbonyl (C=O) groups excluding carboxylic acids is 1. The Morgan fingerprint density at radius 3 is 1.93 bits per heavy atom. The molecule has 0 saturated carbocycles. The molecule has 0 radical (unpaired) electrons. The number of carbonyl (C=O) groups is 1. The highest BCUT2D eigenvalue weighted by atomic mass is 16.1. The molecule has 1 aliphatic rings. The van der Waals surface area contributed by atoms with Crippen molar-refractivity contribution in [3.05, 3.63) is 88.5 Å². The summed E-state index contributed by atoms with van der Waals surface area (Å²) in [5.74, 6) is 0.769. The lowest BCUT2D eigenvalue weighted by molar-refractivity contribution is 0.112. The van der Waals surface area contributed by atoms with Crippen LogP contribution in [0.3, 0.4) is 0 Å². The standard InChI is InChI=1S/C26H25NO/c1-16(2)19-10-7-11-20(17(3)4)25(19)27-26-23-9-6-5-8-21(23)22-13-12-18(15-28)14-24(22)26/h5-17H,1-4H3. The van der Waals surface area contributed by atoms with Gasteiger partial charge in [0.25, 0.3) is 0 Å². The fraction of sp³-hybridized carbons (Fsp3) is 0.231. The van der Waals surface area contributed by atoms with Crippen LogP contribution < -0.4 is 0 Å². The molecule has 2 nitrogen and oxygen atoms in total. The van der Waals surface area contributed by atoms with E-state index in [4.69, 9.17) is 4.99 Å². The number of nitrogens with zero attached hydrogens (tertiary/aromatic N) is 1. The Bertz CT molecular complexity index is 1060. The number of hydrogen-bond donors (Lipinski definition) is 0. The third kappa shape index (κ3) is 2.99. The van der Waals surface area contributed by atoms with Crippen LogP contribution in [0.5, 0.6) is 0 Å². The summed E-state index contributed by atoms with van der Waals surface area (Å²) >= 11 is 0. The third-order valence-electron chi connectivity index (χ3n) is 5.47. The van der Waals surface area contributed by atoms with E-state index in [9.17, 15) is 4.79 Å². The Kier molecular flexibility index (Phi) is 4.72. The zero-order valence-electron chi connectivity index (χ0n) is 16.9. The molecule has 0 bridgehead atoms. The van der Waals surface area contributed by atoms with E-state index in [0.717, 1.165) is 34.4 Å². The highest BCUT2D eigenvalue weighted by molar-refractivity contribution is 6.25. The molecular weight excluding hydrogens is 342 g/mol. The van der Waals surface area contributed by atoms with Crippen LogP contribution in [0.4, 0.5) is 5.69 Å². The maximum atomic E-state index is 11.4. The van der Waals surface area contributed by atoms with E-state index in [1.165, 1.54) is 16.7 Å². The number of para-hydroxylation sites is 1. The van der Waals surface area contributed by atoms with Crippen LogP contribution in [0.1, 0.15) is 72.1 Å². The third-order valence-corrected chi connectivity index (χ3v) is 5.47. The van der Waals surface area contributed by atoms with Gasteiger partial charge in [-0.1, -0.05) is 82.3 Å². The van der Waals surface area contributed by atoms with Crippen molar-refractivity contribution < 1.29 is 4.79 Å². The van der Waals surface area contributed by atoms with Gasteiger partial charge in [-0.3, -0.25) is 4.79 Å². The van der Waals surface area contributed by atoms with Gasteiger partial charge in [0, 0.05) is 16.7 Å². The van der Waals surface area contributed by atoms with Gasteiger partial charge in [-0.2, -0.15) is 0 Å². The molecule has 0 N–H and O–H groups in total. The average molecular weight is 367 g/mol. The van der Waals surface area contributed by atoms with Crippen molar-refractivity contribution in [3.63, 3.8) is 0 Å². The van der Waals surface area contributed by atoms with Gasteiger partial charge in [-0.25, -0.2) is 4.99 Å². The Morgan fingerprint density at radius 1 is 0.714 bits per heavy atom. The summed E-state index contributed by atoms with van der Waals surface area (Å²) in [7, 11) is 0. The molecule has 0 spiro atoms. The van der Waals surface area contributed by atoms with Gasteiger partial charge in [-0.05, 0) is 40.2 Å². The topological polar surface area (TPSA) is 29.4 Å². The van der Waals surface area contributed by atoms with Gasteiger partial charge in [0.2, 0.25) is 0 Å². The number of hydrogen-bond acceptors (Lipinski definition) is 2. The lowest BCUT2D eigenvalue weighted by Crippen LogP contribution is -2.02. The van der Waals surface area contributed by atoms with Gasteiger partial charge in [0.1, 0.15) is 6.29 Å². The van der Waals surface area contributed by atoms with Crippen molar-refractivity contribution in [2.24, 2.45) is 4.99 Å². The van der Waals surface area contributed by atoms with Crippen LogP contribution in [0.2, 0.25) is 0 Å². The van der Waals surface area contributed by atoms with Gasteiger partial charge < -0.3 is 0 Å². The second kappa shape index (κ2) is 7.20.